The van der Waals surface area contributed by atoms with Crippen molar-refractivity contribution < 1.29 is 13.9 Å². The van der Waals surface area contributed by atoms with Crippen molar-refractivity contribution in [3.8, 4) is 5.75 Å². The van der Waals surface area contributed by atoms with Gasteiger partial charge >= 0.3 is 0 Å². The van der Waals surface area contributed by atoms with Gasteiger partial charge in [-0.05, 0) is 18.6 Å². The van der Waals surface area contributed by atoms with Crippen LogP contribution < -0.4 is 10.1 Å². The lowest BCUT2D eigenvalue weighted by Crippen LogP contribution is -2.35. The molecule has 2 rings (SSSR count). The lowest BCUT2D eigenvalue weighted by Gasteiger charge is -2.18. The van der Waals surface area contributed by atoms with Crippen molar-refractivity contribution in [3.63, 3.8) is 0 Å². The van der Waals surface area contributed by atoms with Gasteiger partial charge in [0.1, 0.15) is 6.10 Å². The van der Waals surface area contributed by atoms with E-state index < -0.39 is 5.82 Å². The summed E-state index contributed by atoms with van der Waals surface area (Å²) in [4.78, 5) is 11.7. The van der Waals surface area contributed by atoms with Gasteiger partial charge in [-0.2, -0.15) is 15.4 Å². The Labute approximate surface area is 115 Å². The Morgan fingerprint density at radius 2 is 2.30 bits per heavy atom. The number of aromatic nitrogens is 3. The van der Waals surface area contributed by atoms with E-state index in [0.717, 1.165) is 0 Å². The Bertz CT molecular complexity index is 559. The molecule has 0 aliphatic rings. The van der Waals surface area contributed by atoms with E-state index in [9.17, 15) is 9.18 Å². The number of hydrogen-bond acceptors (Lipinski definition) is 4. The maximum absolute atomic E-state index is 13.5. The number of carbonyl (C=O) groups excluding carboxylic acids is 1. The molecule has 0 radical (unpaired) electrons. The van der Waals surface area contributed by atoms with E-state index in [-0.39, 0.29) is 30.0 Å². The van der Waals surface area contributed by atoms with Crippen LogP contribution in [0.5, 0.6) is 5.75 Å². The molecule has 1 unspecified atom stereocenters. The zero-order chi connectivity index (χ0) is 14.4. The Balaban J connectivity index is 1.90. The fourth-order valence-electron chi connectivity index (χ4n) is 1.60. The fourth-order valence-corrected chi connectivity index (χ4v) is 1.60. The molecule has 0 spiro atoms. The van der Waals surface area contributed by atoms with Gasteiger partial charge in [-0.25, -0.2) is 4.39 Å². The van der Waals surface area contributed by atoms with Gasteiger partial charge in [0.05, 0.1) is 12.7 Å². The molecule has 6 nitrogen and oxygen atoms in total. The van der Waals surface area contributed by atoms with E-state index >= 15 is 0 Å². The van der Waals surface area contributed by atoms with Crippen molar-refractivity contribution in [1.82, 2.24) is 20.7 Å². The quantitative estimate of drug-likeness (QED) is 0.839. The first-order chi connectivity index (χ1) is 9.70. The Morgan fingerprint density at radius 1 is 1.50 bits per heavy atom. The number of hydrogen-bond donors (Lipinski definition) is 2. The molecule has 2 N–H and O–H groups in total. The molecule has 0 aliphatic heterocycles. The van der Waals surface area contributed by atoms with Crippen LogP contribution in [0.25, 0.3) is 0 Å². The van der Waals surface area contributed by atoms with Crippen molar-refractivity contribution in [2.45, 2.75) is 19.4 Å². The van der Waals surface area contributed by atoms with E-state index in [4.69, 9.17) is 4.74 Å². The molecule has 0 saturated carbocycles. The van der Waals surface area contributed by atoms with E-state index in [1.807, 2.05) is 6.92 Å². The Kier molecular flexibility index (Phi) is 4.65. The Hall–Kier alpha value is -2.44. The van der Waals surface area contributed by atoms with Crippen LogP contribution >= 0.6 is 0 Å². The molecule has 1 aromatic carbocycles. The minimum absolute atomic E-state index is 0.176. The van der Waals surface area contributed by atoms with Gasteiger partial charge in [0, 0.05) is 0 Å². The number of carbonyl (C=O) groups is 1. The molecular weight excluding hydrogens is 263 g/mol. The molecule has 1 atom stereocenters. The number of nitrogens with one attached hydrogen (secondary N) is 2. The molecule has 0 saturated heterocycles. The zero-order valence-corrected chi connectivity index (χ0v) is 11.0. The summed E-state index contributed by atoms with van der Waals surface area (Å²) in [5.74, 6) is -0.599. The van der Waals surface area contributed by atoms with Crippen molar-refractivity contribution in [2.75, 3.05) is 6.54 Å². The molecular formula is C13H15FN4O2. The van der Waals surface area contributed by atoms with Gasteiger partial charge in [0.25, 0.3) is 5.91 Å². The lowest BCUT2D eigenvalue weighted by atomic mass is 10.2. The van der Waals surface area contributed by atoms with Crippen LogP contribution in [-0.2, 0) is 0 Å². The molecule has 20 heavy (non-hydrogen) atoms. The largest absolute Gasteiger partial charge is 0.486 e. The maximum atomic E-state index is 13.5. The summed E-state index contributed by atoms with van der Waals surface area (Å²) in [6.07, 6.45) is 1.64. The van der Waals surface area contributed by atoms with Crippen LogP contribution in [0, 0.1) is 5.82 Å². The van der Waals surface area contributed by atoms with Crippen LogP contribution in [0.1, 0.15) is 23.8 Å². The molecule has 0 fully saturated rings. The summed E-state index contributed by atoms with van der Waals surface area (Å²) >= 11 is 0. The zero-order valence-electron chi connectivity index (χ0n) is 11.0. The number of aromatic amines is 1. The SMILES string of the molecule is CCC(CNC(=O)c1cn[nH]n1)Oc1ccccc1F. The second kappa shape index (κ2) is 6.65. The number of amides is 1. The number of halogens is 1. The number of rotatable bonds is 6. The van der Waals surface area contributed by atoms with Crippen LogP contribution in [-0.4, -0.2) is 34.0 Å². The summed E-state index contributed by atoms with van der Waals surface area (Å²) in [7, 11) is 0. The van der Waals surface area contributed by atoms with E-state index in [0.29, 0.717) is 6.42 Å². The van der Waals surface area contributed by atoms with Crippen LogP contribution in [0.2, 0.25) is 0 Å². The average Bonchev–Trinajstić information content (AvgIpc) is 2.99. The van der Waals surface area contributed by atoms with Gasteiger partial charge in [0.2, 0.25) is 0 Å². The highest BCUT2D eigenvalue weighted by molar-refractivity contribution is 5.91. The van der Waals surface area contributed by atoms with Crippen LogP contribution in [0.15, 0.2) is 30.5 Å². The first-order valence-electron chi connectivity index (χ1n) is 6.26. The third-order valence-electron chi connectivity index (χ3n) is 2.72. The smallest absolute Gasteiger partial charge is 0.273 e. The standard InChI is InChI=1S/C13H15FN4O2/c1-2-9(20-12-6-4-3-5-10(12)14)7-15-13(19)11-8-16-18-17-11/h3-6,8-9H,2,7H2,1H3,(H,15,19)(H,16,17,18). The minimum Gasteiger partial charge on any atom is -0.486 e. The van der Waals surface area contributed by atoms with Crippen LogP contribution in [0.4, 0.5) is 4.39 Å². The van der Waals surface area contributed by atoms with Gasteiger partial charge in [-0.1, -0.05) is 19.1 Å². The first-order valence-corrected chi connectivity index (χ1v) is 6.26. The average molecular weight is 278 g/mol. The van der Waals surface area contributed by atoms with E-state index in [1.54, 1.807) is 18.2 Å². The molecule has 0 bridgehead atoms. The summed E-state index contributed by atoms with van der Waals surface area (Å²) in [6, 6.07) is 6.17. The van der Waals surface area contributed by atoms with Gasteiger partial charge in [0.15, 0.2) is 17.3 Å². The summed E-state index contributed by atoms with van der Waals surface area (Å²) in [5.41, 5.74) is 0.200. The summed E-state index contributed by atoms with van der Waals surface area (Å²) < 4.78 is 19.0. The van der Waals surface area contributed by atoms with Gasteiger partial charge < -0.3 is 10.1 Å². The summed E-state index contributed by atoms with van der Waals surface area (Å²) in [5, 5.41) is 12.2. The number of para-hydroxylation sites is 1. The molecule has 0 aliphatic carbocycles. The molecule has 1 amide bonds. The number of nitrogens with zero attached hydrogens (tertiary/aromatic N) is 2. The number of benzene rings is 1. The third kappa shape index (κ3) is 3.53. The predicted octanol–water partition coefficient (Wildman–Crippen LogP) is 1.53. The topological polar surface area (TPSA) is 79.9 Å². The molecule has 1 aromatic heterocycles. The number of H-pyrrole nitrogens is 1. The van der Waals surface area contributed by atoms with Crippen molar-refractivity contribution in [3.05, 3.63) is 42.0 Å². The van der Waals surface area contributed by atoms with Crippen molar-refractivity contribution in [2.24, 2.45) is 0 Å². The maximum Gasteiger partial charge on any atom is 0.273 e. The van der Waals surface area contributed by atoms with Gasteiger partial charge in [-0.15, -0.1) is 0 Å². The third-order valence-corrected chi connectivity index (χ3v) is 2.72. The molecule has 7 heteroatoms. The van der Waals surface area contributed by atoms with Crippen molar-refractivity contribution >= 4 is 5.91 Å². The second-order valence-corrected chi connectivity index (χ2v) is 4.14. The second-order valence-electron chi connectivity index (χ2n) is 4.14. The Morgan fingerprint density at radius 3 is 2.95 bits per heavy atom. The van der Waals surface area contributed by atoms with E-state index in [1.165, 1.54) is 12.3 Å². The molecule has 1 heterocycles. The molecule has 106 valence electrons. The molecule has 2 aromatic rings. The van der Waals surface area contributed by atoms with Gasteiger partial charge in [-0.3, -0.25) is 4.79 Å². The summed E-state index contributed by atoms with van der Waals surface area (Å²) in [6.45, 7) is 2.16. The monoisotopic (exact) mass is 278 g/mol. The minimum atomic E-state index is -0.422. The first kappa shape index (κ1) is 14.0. The highest BCUT2D eigenvalue weighted by Gasteiger charge is 2.14. The fraction of sp³-hybridized carbons (Fsp3) is 0.308. The number of ether oxygens (including phenoxy) is 1. The van der Waals surface area contributed by atoms with E-state index in [2.05, 4.69) is 20.7 Å². The lowest BCUT2D eigenvalue weighted by molar-refractivity contribution is 0.0919. The highest BCUT2D eigenvalue weighted by Crippen LogP contribution is 2.17. The van der Waals surface area contributed by atoms with Crippen LogP contribution in [0.3, 0.4) is 0 Å². The van der Waals surface area contributed by atoms with Crippen molar-refractivity contribution in [1.29, 1.82) is 0 Å². The predicted molar refractivity (Wildman–Crippen MR) is 69.8 cm³/mol. The highest BCUT2D eigenvalue weighted by atomic mass is 19.1. The normalized spacial score (nSPS) is 11.9.